The topological polar surface area (TPSA) is 26.0 Å². The van der Waals surface area contributed by atoms with Gasteiger partial charge in [0.05, 0.1) is 0 Å². The Bertz CT molecular complexity index is 324. The minimum Gasteiger partial charge on any atom is -0.325 e. The molecule has 1 aromatic rings. The molecule has 0 radical (unpaired) electrons. The van der Waals surface area contributed by atoms with Gasteiger partial charge in [0, 0.05) is 5.54 Å². The third-order valence-electron chi connectivity index (χ3n) is 3.65. The number of hydrogen-bond acceptors (Lipinski definition) is 1. The lowest BCUT2D eigenvalue weighted by Gasteiger charge is -2.34. The summed E-state index contributed by atoms with van der Waals surface area (Å²) in [6.45, 7) is 2.18. The minimum absolute atomic E-state index is 0.0738. The van der Waals surface area contributed by atoms with Gasteiger partial charge in [-0.25, -0.2) is 0 Å². The van der Waals surface area contributed by atoms with E-state index in [9.17, 15) is 0 Å². The summed E-state index contributed by atoms with van der Waals surface area (Å²) in [4.78, 5) is 0. The Kier molecular flexibility index (Phi) is 3.11. The second-order valence-electron chi connectivity index (χ2n) is 5.03. The van der Waals surface area contributed by atoms with E-state index in [0.717, 1.165) is 6.42 Å². The average Bonchev–Trinajstić information content (AvgIpc) is 2.22. The van der Waals surface area contributed by atoms with Crippen molar-refractivity contribution in [3.05, 3.63) is 35.4 Å². The summed E-state index contributed by atoms with van der Waals surface area (Å²) >= 11 is 0. The molecule has 0 aromatic heterocycles. The van der Waals surface area contributed by atoms with Crippen LogP contribution in [0.1, 0.15) is 43.2 Å². The van der Waals surface area contributed by atoms with Gasteiger partial charge in [0.25, 0.3) is 0 Å². The molecule has 15 heavy (non-hydrogen) atoms. The zero-order valence-corrected chi connectivity index (χ0v) is 9.63. The summed E-state index contributed by atoms with van der Waals surface area (Å²) in [5, 5.41) is 0. The molecule has 0 spiro atoms. The summed E-state index contributed by atoms with van der Waals surface area (Å²) in [6, 6.07) is 8.62. The molecule has 1 fully saturated rings. The minimum atomic E-state index is 0.0738. The molecule has 1 saturated carbocycles. The van der Waals surface area contributed by atoms with Crippen LogP contribution in [0.3, 0.4) is 0 Å². The van der Waals surface area contributed by atoms with Crippen LogP contribution in [0.15, 0.2) is 24.3 Å². The first kappa shape index (κ1) is 10.7. The molecule has 1 aliphatic rings. The molecule has 0 unspecified atom stereocenters. The number of benzene rings is 1. The normalized spacial score (nSPS) is 20.1. The third kappa shape index (κ3) is 2.60. The molecule has 0 bridgehead atoms. The van der Waals surface area contributed by atoms with Crippen LogP contribution in [0.25, 0.3) is 0 Å². The van der Waals surface area contributed by atoms with E-state index in [1.165, 1.54) is 43.2 Å². The van der Waals surface area contributed by atoms with E-state index in [-0.39, 0.29) is 5.54 Å². The van der Waals surface area contributed by atoms with Crippen LogP contribution in [0, 0.1) is 6.92 Å². The Labute approximate surface area is 92.7 Å². The van der Waals surface area contributed by atoms with Gasteiger partial charge in [-0.3, -0.25) is 0 Å². The van der Waals surface area contributed by atoms with Gasteiger partial charge in [-0.15, -0.1) is 0 Å². The van der Waals surface area contributed by atoms with Gasteiger partial charge in [-0.2, -0.15) is 0 Å². The number of hydrogen-bond donors (Lipinski definition) is 1. The lowest BCUT2D eigenvalue weighted by molar-refractivity contribution is 0.294. The van der Waals surface area contributed by atoms with E-state index < -0.39 is 0 Å². The van der Waals surface area contributed by atoms with Crippen molar-refractivity contribution in [2.24, 2.45) is 5.73 Å². The zero-order valence-electron chi connectivity index (χ0n) is 9.63. The maximum absolute atomic E-state index is 6.46. The van der Waals surface area contributed by atoms with Crippen LogP contribution in [-0.2, 0) is 6.42 Å². The quantitative estimate of drug-likeness (QED) is 0.785. The van der Waals surface area contributed by atoms with E-state index in [2.05, 4.69) is 31.2 Å². The first-order valence-electron chi connectivity index (χ1n) is 6.03. The molecule has 1 aliphatic carbocycles. The molecule has 0 atom stereocenters. The highest BCUT2D eigenvalue weighted by Crippen LogP contribution is 2.29. The second kappa shape index (κ2) is 4.36. The maximum atomic E-state index is 6.46. The highest BCUT2D eigenvalue weighted by atomic mass is 14.7. The second-order valence-corrected chi connectivity index (χ2v) is 5.03. The van der Waals surface area contributed by atoms with Crippen LogP contribution >= 0.6 is 0 Å². The van der Waals surface area contributed by atoms with Crippen molar-refractivity contribution in [1.82, 2.24) is 0 Å². The summed E-state index contributed by atoms with van der Waals surface area (Å²) in [6.07, 6.45) is 7.43. The van der Waals surface area contributed by atoms with E-state index in [1.54, 1.807) is 0 Å². The molecule has 0 heterocycles. The Morgan fingerprint density at radius 2 is 1.80 bits per heavy atom. The van der Waals surface area contributed by atoms with Crippen molar-refractivity contribution in [3.63, 3.8) is 0 Å². The lowest BCUT2D eigenvalue weighted by atomic mass is 9.78. The monoisotopic (exact) mass is 203 g/mol. The van der Waals surface area contributed by atoms with Crippen molar-refractivity contribution in [3.8, 4) is 0 Å². The van der Waals surface area contributed by atoms with E-state index >= 15 is 0 Å². The van der Waals surface area contributed by atoms with E-state index in [0.29, 0.717) is 0 Å². The maximum Gasteiger partial charge on any atom is 0.0195 e. The largest absolute Gasteiger partial charge is 0.325 e. The highest BCUT2D eigenvalue weighted by Gasteiger charge is 2.27. The average molecular weight is 203 g/mol. The molecule has 2 N–H and O–H groups in total. The van der Waals surface area contributed by atoms with Crippen LogP contribution < -0.4 is 5.73 Å². The van der Waals surface area contributed by atoms with Gasteiger partial charge in [0.15, 0.2) is 0 Å². The van der Waals surface area contributed by atoms with Gasteiger partial charge in [0.1, 0.15) is 0 Å². The SMILES string of the molecule is Cc1ccccc1CC1(N)CCCCC1. The summed E-state index contributed by atoms with van der Waals surface area (Å²) in [7, 11) is 0. The lowest BCUT2D eigenvalue weighted by Crippen LogP contribution is -2.43. The summed E-state index contributed by atoms with van der Waals surface area (Å²) < 4.78 is 0. The van der Waals surface area contributed by atoms with Crippen molar-refractivity contribution in [1.29, 1.82) is 0 Å². The Morgan fingerprint density at radius 3 is 2.47 bits per heavy atom. The standard InChI is InChI=1S/C14H21N/c1-12-7-3-4-8-13(12)11-14(15)9-5-2-6-10-14/h3-4,7-8H,2,5-6,9-11,15H2,1H3. The van der Waals surface area contributed by atoms with Crippen molar-refractivity contribution in [2.75, 3.05) is 0 Å². The molecule has 0 saturated heterocycles. The predicted molar refractivity (Wildman–Crippen MR) is 64.9 cm³/mol. The molecule has 1 heteroatoms. The molecule has 0 aliphatic heterocycles. The van der Waals surface area contributed by atoms with Crippen LogP contribution in [0.2, 0.25) is 0 Å². The van der Waals surface area contributed by atoms with Crippen LogP contribution in [0.5, 0.6) is 0 Å². The fraction of sp³-hybridized carbons (Fsp3) is 0.571. The Balaban J connectivity index is 2.10. The van der Waals surface area contributed by atoms with Crippen molar-refractivity contribution in [2.45, 2.75) is 51.0 Å². The fourth-order valence-electron chi connectivity index (χ4n) is 2.62. The van der Waals surface area contributed by atoms with Crippen LogP contribution in [-0.4, -0.2) is 5.54 Å². The Hall–Kier alpha value is -0.820. The van der Waals surface area contributed by atoms with Gasteiger partial charge >= 0.3 is 0 Å². The van der Waals surface area contributed by atoms with E-state index in [1.807, 2.05) is 0 Å². The smallest absolute Gasteiger partial charge is 0.0195 e. The fourth-order valence-corrected chi connectivity index (χ4v) is 2.62. The number of nitrogens with two attached hydrogens (primary N) is 1. The van der Waals surface area contributed by atoms with Gasteiger partial charge in [0.2, 0.25) is 0 Å². The van der Waals surface area contributed by atoms with Crippen molar-refractivity contribution >= 4 is 0 Å². The summed E-state index contributed by atoms with van der Waals surface area (Å²) in [5.41, 5.74) is 9.35. The first-order chi connectivity index (χ1) is 7.20. The third-order valence-corrected chi connectivity index (χ3v) is 3.65. The predicted octanol–water partition coefficient (Wildman–Crippen LogP) is 3.20. The molecular weight excluding hydrogens is 182 g/mol. The number of rotatable bonds is 2. The van der Waals surface area contributed by atoms with Gasteiger partial charge in [-0.05, 0) is 37.3 Å². The highest BCUT2D eigenvalue weighted by molar-refractivity contribution is 5.27. The molecule has 2 rings (SSSR count). The molecule has 0 amide bonds. The molecule has 1 aromatic carbocycles. The van der Waals surface area contributed by atoms with Gasteiger partial charge in [-0.1, -0.05) is 43.5 Å². The Morgan fingerprint density at radius 1 is 1.13 bits per heavy atom. The molecule has 82 valence electrons. The summed E-state index contributed by atoms with van der Waals surface area (Å²) in [5.74, 6) is 0. The number of aryl methyl sites for hydroxylation is 1. The molecular formula is C14H21N. The zero-order chi connectivity index (χ0) is 10.7. The first-order valence-corrected chi connectivity index (χ1v) is 6.03. The molecule has 1 nitrogen and oxygen atoms in total. The van der Waals surface area contributed by atoms with Gasteiger partial charge < -0.3 is 5.73 Å². The van der Waals surface area contributed by atoms with E-state index in [4.69, 9.17) is 5.73 Å². The van der Waals surface area contributed by atoms with Crippen molar-refractivity contribution < 1.29 is 0 Å². The van der Waals surface area contributed by atoms with Crippen LogP contribution in [0.4, 0.5) is 0 Å².